The fraction of sp³-hybridized carbons (Fsp3) is 0.281. The SMILES string of the molecule is COc1ccc(-n2nc(CNC(=O)Cc3ccccn3)c3c2C(=O)N(c2ccc(N4CCCCC4=O)cc2)CC3)cc1. The number of methoxy groups -OCH3 is 1. The summed E-state index contributed by atoms with van der Waals surface area (Å²) in [4.78, 5) is 46.9. The van der Waals surface area contributed by atoms with Crippen molar-refractivity contribution in [3.63, 3.8) is 0 Å². The lowest BCUT2D eigenvalue weighted by atomic mass is 10.0. The molecule has 6 rings (SSSR count). The number of piperidine rings is 1. The van der Waals surface area contributed by atoms with Crippen molar-refractivity contribution >= 4 is 29.1 Å². The number of carbonyl (C=O) groups is 3. The fourth-order valence-electron chi connectivity index (χ4n) is 5.53. The third-order valence-corrected chi connectivity index (χ3v) is 7.73. The van der Waals surface area contributed by atoms with Gasteiger partial charge in [-0.15, -0.1) is 0 Å². The molecule has 214 valence electrons. The number of benzene rings is 2. The first-order valence-electron chi connectivity index (χ1n) is 14.2. The van der Waals surface area contributed by atoms with Gasteiger partial charge in [-0.05, 0) is 79.9 Å². The van der Waals surface area contributed by atoms with Gasteiger partial charge in [-0.3, -0.25) is 19.4 Å². The molecule has 2 aromatic carbocycles. The highest BCUT2D eigenvalue weighted by atomic mass is 16.5. The third kappa shape index (κ3) is 5.47. The maximum absolute atomic E-state index is 14.0. The number of rotatable bonds is 8. The summed E-state index contributed by atoms with van der Waals surface area (Å²) >= 11 is 0. The molecule has 10 nitrogen and oxygen atoms in total. The molecule has 4 aromatic rings. The molecule has 2 aliphatic heterocycles. The highest BCUT2D eigenvalue weighted by Gasteiger charge is 2.33. The van der Waals surface area contributed by atoms with Crippen molar-refractivity contribution in [1.82, 2.24) is 20.1 Å². The van der Waals surface area contributed by atoms with Crippen LogP contribution >= 0.6 is 0 Å². The van der Waals surface area contributed by atoms with Crippen LogP contribution in [0.2, 0.25) is 0 Å². The minimum absolute atomic E-state index is 0.135. The first-order valence-corrected chi connectivity index (χ1v) is 14.2. The van der Waals surface area contributed by atoms with Crippen LogP contribution in [-0.4, -0.2) is 52.7 Å². The van der Waals surface area contributed by atoms with Crippen LogP contribution in [0.3, 0.4) is 0 Å². The lowest BCUT2D eigenvalue weighted by Crippen LogP contribution is -2.39. The Labute approximate surface area is 243 Å². The van der Waals surface area contributed by atoms with Crippen molar-refractivity contribution in [2.45, 2.75) is 38.6 Å². The van der Waals surface area contributed by atoms with E-state index in [4.69, 9.17) is 9.84 Å². The summed E-state index contributed by atoms with van der Waals surface area (Å²) < 4.78 is 6.97. The Balaban J connectivity index is 1.27. The van der Waals surface area contributed by atoms with Gasteiger partial charge in [0.25, 0.3) is 5.91 Å². The zero-order valence-corrected chi connectivity index (χ0v) is 23.5. The molecule has 10 heteroatoms. The van der Waals surface area contributed by atoms with Gasteiger partial charge in [-0.25, -0.2) is 4.68 Å². The van der Waals surface area contributed by atoms with Crippen molar-refractivity contribution < 1.29 is 19.1 Å². The van der Waals surface area contributed by atoms with Crippen LogP contribution in [0.15, 0.2) is 72.9 Å². The minimum atomic E-state index is -0.174. The quantitative estimate of drug-likeness (QED) is 0.348. The Kier molecular flexibility index (Phi) is 7.68. The molecule has 2 aliphatic rings. The number of anilines is 2. The molecule has 4 heterocycles. The second-order valence-electron chi connectivity index (χ2n) is 10.4. The number of aromatic nitrogens is 3. The summed E-state index contributed by atoms with van der Waals surface area (Å²) in [5, 5.41) is 7.76. The second-order valence-corrected chi connectivity index (χ2v) is 10.4. The van der Waals surface area contributed by atoms with E-state index in [1.54, 1.807) is 22.9 Å². The summed E-state index contributed by atoms with van der Waals surface area (Å²) in [7, 11) is 1.60. The molecule has 0 aliphatic carbocycles. The molecular weight excluding hydrogens is 532 g/mol. The van der Waals surface area contributed by atoms with E-state index in [1.165, 1.54) is 0 Å². The predicted octanol–water partition coefficient (Wildman–Crippen LogP) is 3.85. The molecule has 1 saturated heterocycles. The van der Waals surface area contributed by atoms with Gasteiger partial charge in [0.2, 0.25) is 11.8 Å². The first-order chi connectivity index (χ1) is 20.5. The summed E-state index contributed by atoms with van der Waals surface area (Å²) in [6, 6.07) is 20.4. The number of carbonyl (C=O) groups excluding carboxylic acids is 3. The van der Waals surface area contributed by atoms with Crippen LogP contribution in [-0.2, 0) is 29.0 Å². The van der Waals surface area contributed by atoms with Crippen LogP contribution in [0, 0.1) is 0 Å². The Morgan fingerprint density at radius 1 is 0.881 bits per heavy atom. The Morgan fingerprint density at radius 2 is 1.62 bits per heavy atom. The third-order valence-electron chi connectivity index (χ3n) is 7.73. The maximum atomic E-state index is 14.0. The minimum Gasteiger partial charge on any atom is -0.497 e. The van der Waals surface area contributed by atoms with Crippen LogP contribution in [0.1, 0.15) is 46.7 Å². The lowest BCUT2D eigenvalue weighted by Gasteiger charge is -2.30. The smallest absolute Gasteiger partial charge is 0.277 e. The molecular formula is C32H32N6O4. The van der Waals surface area contributed by atoms with E-state index in [9.17, 15) is 14.4 Å². The Morgan fingerprint density at radius 3 is 2.31 bits per heavy atom. The number of amides is 3. The highest BCUT2D eigenvalue weighted by Crippen LogP contribution is 2.31. The number of nitrogens with one attached hydrogen (secondary N) is 1. The highest BCUT2D eigenvalue weighted by molar-refractivity contribution is 6.08. The summed E-state index contributed by atoms with van der Waals surface area (Å²) in [5.74, 6) is 0.489. The van der Waals surface area contributed by atoms with Crippen molar-refractivity contribution in [1.29, 1.82) is 0 Å². The normalized spacial score (nSPS) is 15.0. The first kappa shape index (κ1) is 27.2. The molecule has 0 atom stereocenters. The van der Waals surface area contributed by atoms with Crippen molar-refractivity contribution in [2.75, 3.05) is 30.0 Å². The van der Waals surface area contributed by atoms with E-state index in [1.807, 2.05) is 71.6 Å². The van der Waals surface area contributed by atoms with Gasteiger partial charge < -0.3 is 19.9 Å². The summed E-state index contributed by atoms with van der Waals surface area (Å²) in [6.07, 6.45) is 4.88. The van der Waals surface area contributed by atoms with Crippen LogP contribution < -0.4 is 19.9 Å². The van der Waals surface area contributed by atoms with E-state index >= 15 is 0 Å². The summed E-state index contributed by atoms with van der Waals surface area (Å²) in [6.45, 7) is 1.38. The molecule has 3 amide bonds. The van der Waals surface area contributed by atoms with E-state index in [2.05, 4.69) is 10.3 Å². The molecule has 0 spiro atoms. The molecule has 42 heavy (non-hydrogen) atoms. The zero-order valence-electron chi connectivity index (χ0n) is 23.5. The lowest BCUT2D eigenvalue weighted by molar-refractivity contribution is -0.121. The number of nitrogens with zero attached hydrogens (tertiary/aromatic N) is 5. The largest absolute Gasteiger partial charge is 0.497 e. The van der Waals surface area contributed by atoms with Gasteiger partial charge in [0.05, 0.1) is 31.5 Å². The molecule has 0 bridgehead atoms. The molecule has 1 N–H and O–H groups in total. The van der Waals surface area contributed by atoms with Gasteiger partial charge in [0, 0.05) is 48.3 Å². The number of fused-ring (bicyclic) bond motifs is 1. The van der Waals surface area contributed by atoms with Crippen LogP contribution in [0.5, 0.6) is 5.75 Å². The standard InChI is InChI=1S/C32H32N6O4/c1-42-26-14-12-25(13-15-26)38-31-27(28(35-38)21-34-29(39)20-22-6-2-4-17-33-22)16-19-37(32(31)41)24-10-8-23(9-11-24)36-18-5-3-7-30(36)40/h2,4,6,8-15,17H,3,5,7,16,18-21H2,1H3,(H,34,39). The average Bonchev–Trinajstić information content (AvgIpc) is 3.41. The van der Waals surface area contributed by atoms with E-state index in [0.29, 0.717) is 54.4 Å². The Bertz CT molecular complexity index is 1600. The van der Waals surface area contributed by atoms with Crippen molar-refractivity contribution in [3.05, 3.63) is 95.6 Å². The molecule has 0 unspecified atom stereocenters. The van der Waals surface area contributed by atoms with E-state index < -0.39 is 0 Å². The number of hydrogen-bond acceptors (Lipinski definition) is 6. The van der Waals surface area contributed by atoms with Crippen molar-refractivity contribution in [3.8, 4) is 11.4 Å². The van der Waals surface area contributed by atoms with E-state index in [-0.39, 0.29) is 30.7 Å². The van der Waals surface area contributed by atoms with Crippen molar-refractivity contribution in [2.24, 2.45) is 0 Å². The maximum Gasteiger partial charge on any atom is 0.277 e. The van der Waals surface area contributed by atoms with Crippen LogP contribution in [0.25, 0.3) is 5.69 Å². The topological polar surface area (TPSA) is 110 Å². The average molecular weight is 565 g/mol. The van der Waals surface area contributed by atoms with Gasteiger partial charge in [-0.2, -0.15) is 5.10 Å². The molecule has 0 radical (unpaired) electrons. The number of ether oxygens (including phenoxy) is 1. The van der Waals surface area contributed by atoms with Gasteiger partial charge in [0.1, 0.15) is 11.4 Å². The van der Waals surface area contributed by atoms with Crippen LogP contribution in [0.4, 0.5) is 11.4 Å². The second kappa shape index (κ2) is 11.9. The predicted molar refractivity (Wildman–Crippen MR) is 158 cm³/mol. The number of hydrogen-bond donors (Lipinski definition) is 1. The molecule has 0 saturated carbocycles. The number of pyridine rings is 1. The van der Waals surface area contributed by atoms with Gasteiger partial charge in [0.15, 0.2) is 0 Å². The monoisotopic (exact) mass is 564 g/mol. The van der Waals surface area contributed by atoms with E-state index in [0.717, 1.165) is 29.8 Å². The van der Waals surface area contributed by atoms with Gasteiger partial charge >= 0.3 is 0 Å². The Hall–Kier alpha value is -4.99. The molecule has 2 aromatic heterocycles. The summed E-state index contributed by atoms with van der Waals surface area (Å²) in [5.41, 5.74) is 4.94. The zero-order chi connectivity index (χ0) is 29.1. The fourth-order valence-corrected chi connectivity index (χ4v) is 5.53. The molecule has 1 fully saturated rings. The van der Waals surface area contributed by atoms with Gasteiger partial charge in [-0.1, -0.05) is 6.07 Å².